The number of amides is 4. The Morgan fingerprint density at radius 2 is 1.93 bits per heavy atom. The van der Waals surface area contributed by atoms with Gasteiger partial charge in [0.2, 0.25) is 5.91 Å². The third-order valence-electron chi connectivity index (χ3n) is 6.11. The summed E-state index contributed by atoms with van der Waals surface area (Å²) in [5, 5.41) is 2.88. The number of aryl methyl sites for hydroxylation is 2. The van der Waals surface area contributed by atoms with Crippen molar-refractivity contribution in [2.45, 2.75) is 52.0 Å². The molecule has 0 radical (unpaired) electrons. The maximum absolute atomic E-state index is 13.0. The summed E-state index contributed by atoms with van der Waals surface area (Å²) in [7, 11) is 1.66. The van der Waals surface area contributed by atoms with Crippen LogP contribution in [0, 0.1) is 19.8 Å². The third kappa shape index (κ3) is 4.38. The van der Waals surface area contributed by atoms with Gasteiger partial charge in [-0.3, -0.25) is 14.5 Å². The molecule has 3 rings (SSSR count). The second kappa shape index (κ2) is 8.43. The molecule has 2 aliphatic rings. The number of hydrogen-bond acceptors (Lipinski definition) is 4. The molecule has 0 bridgehead atoms. The van der Waals surface area contributed by atoms with E-state index in [1.54, 1.807) is 7.05 Å². The van der Waals surface area contributed by atoms with Gasteiger partial charge in [-0.1, -0.05) is 25.8 Å². The fourth-order valence-corrected chi connectivity index (χ4v) is 4.34. The highest BCUT2D eigenvalue weighted by atomic mass is 16.5. The summed E-state index contributed by atoms with van der Waals surface area (Å²) in [6.45, 7) is 6.49. The van der Waals surface area contributed by atoms with Gasteiger partial charge in [0, 0.05) is 7.05 Å². The van der Waals surface area contributed by atoms with E-state index in [1.807, 2.05) is 32.9 Å². The summed E-state index contributed by atoms with van der Waals surface area (Å²) in [5.74, 6) is 0.309. The van der Waals surface area contributed by atoms with E-state index in [0.717, 1.165) is 41.0 Å². The molecule has 1 aromatic rings. The topological polar surface area (TPSA) is 79.0 Å². The summed E-state index contributed by atoms with van der Waals surface area (Å²) in [4.78, 5) is 40.6. The molecule has 1 aliphatic carbocycles. The van der Waals surface area contributed by atoms with Gasteiger partial charge in [0.15, 0.2) is 0 Å². The van der Waals surface area contributed by atoms with Crippen LogP contribution in [-0.4, -0.2) is 59.9 Å². The van der Waals surface area contributed by atoms with Crippen molar-refractivity contribution in [1.29, 1.82) is 0 Å². The van der Waals surface area contributed by atoms with Crippen molar-refractivity contribution in [2.24, 2.45) is 5.92 Å². The minimum Gasteiger partial charge on any atom is -0.492 e. The molecule has 1 aliphatic heterocycles. The van der Waals surface area contributed by atoms with Gasteiger partial charge in [0.1, 0.15) is 24.4 Å². The Morgan fingerprint density at radius 3 is 2.59 bits per heavy atom. The van der Waals surface area contributed by atoms with Crippen molar-refractivity contribution in [3.8, 4) is 5.75 Å². The fraction of sp³-hybridized carbons (Fsp3) is 0.591. The molecule has 29 heavy (non-hydrogen) atoms. The summed E-state index contributed by atoms with van der Waals surface area (Å²) in [6, 6.07) is 5.51. The first kappa shape index (κ1) is 21.1. The third-order valence-corrected chi connectivity index (χ3v) is 6.11. The lowest BCUT2D eigenvalue weighted by molar-refractivity contribution is -0.140. The predicted octanol–water partition coefficient (Wildman–Crippen LogP) is 2.64. The molecule has 1 heterocycles. The maximum Gasteiger partial charge on any atom is 0.325 e. The summed E-state index contributed by atoms with van der Waals surface area (Å²) >= 11 is 0. The quantitative estimate of drug-likeness (QED) is 0.744. The molecule has 7 heteroatoms. The molecule has 7 nitrogen and oxygen atoms in total. The van der Waals surface area contributed by atoms with Gasteiger partial charge in [-0.25, -0.2) is 4.79 Å². The molecule has 2 atom stereocenters. The van der Waals surface area contributed by atoms with Crippen LogP contribution >= 0.6 is 0 Å². The van der Waals surface area contributed by atoms with Crippen LogP contribution in [0.4, 0.5) is 4.79 Å². The van der Waals surface area contributed by atoms with E-state index in [2.05, 4.69) is 11.4 Å². The lowest BCUT2D eigenvalue weighted by atomic mass is 9.73. The van der Waals surface area contributed by atoms with Crippen molar-refractivity contribution < 1.29 is 19.1 Å². The molecule has 1 spiro atoms. The minimum absolute atomic E-state index is 0.0803. The number of ether oxygens (including phenoxy) is 1. The Morgan fingerprint density at radius 1 is 1.24 bits per heavy atom. The van der Waals surface area contributed by atoms with Crippen molar-refractivity contribution in [2.75, 3.05) is 26.7 Å². The van der Waals surface area contributed by atoms with Crippen molar-refractivity contribution >= 4 is 17.8 Å². The van der Waals surface area contributed by atoms with Crippen LogP contribution in [0.15, 0.2) is 18.2 Å². The Balaban J connectivity index is 1.54. The largest absolute Gasteiger partial charge is 0.492 e. The van der Waals surface area contributed by atoms with Gasteiger partial charge >= 0.3 is 6.03 Å². The SMILES string of the molecule is Cc1cc(C)cc(OCCN(C)C(=O)CN2C(=O)NC3(CCCCC3C)C2=O)c1. The molecule has 1 N–H and O–H groups in total. The van der Waals surface area contributed by atoms with Crippen LogP contribution in [0.3, 0.4) is 0 Å². The highest BCUT2D eigenvalue weighted by Crippen LogP contribution is 2.38. The first-order valence-electron chi connectivity index (χ1n) is 10.3. The fourth-order valence-electron chi connectivity index (χ4n) is 4.34. The van der Waals surface area contributed by atoms with Crippen molar-refractivity contribution in [3.63, 3.8) is 0 Å². The van der Waals surface area contributed by atoms with Crippen LogP contribution in [0.2, 0.25) is 0 Å². The van der Waals surface area contributed by atoms with Gasteiger partial charge in [-0.15, -0.1) is 0 Å². The minimum atomic E-state index is -0.833. The maximum atomic E-state index is 13.0. The highest BCUT2D eigenvalue weighted by molar-refractivity contribution is 6.09. The molecule has 2 fully saturated rings. The van der Waals surface area contributed by atoms with Crippen molar-refractivity contribution in [1.82, 2.24) is 15.1 Å². The van der Waals surface area contributed by atoms with E-state index in [1.165, 1.54) is 4.90 Å². The zero-order chi connectivity index (χ0) is 21.2. The van der Waals surface area contributed by atoms with Crippen molar-refractivity contribution in [3.05, 3.63) is 29.3 Å². The number of hydrogen-bond donors (Lipinski definition) is 1. The Bertz CT molecular complexity index is 789. The monoisotopic (exact) mass is 401 g/mol. The normalized spacial score (nSPS) is 24.0. The summed E-state index contributed by atoms with van der Waals surface area (Å²) in [5.41, 5.74) is 1.41. The van der Waals surface area contributed by atoms with E-state index < -0.39 is 11.6 Å². The second-order valence-corrected chi connectivity index (χ2v) is 8.43. The molecule has 0 aromatic heterocycles. The number of nitrogens with one attached hydrogen (secondary N) is 1. The molecular formula is C22H31N3O4. The zero-order valence-corrected chi connectivity index (χ0v) is 17.8. The highest BCUT2D eigenvalue weighted by Gasteiger charge is 2.55. The van der Waals surface area contributed by atoms with Crippen LogP contribution in [0.5, 0.6) is 5.75 Å². The molecule has 2 unspecified atom stereocenters. The van der Waals surface area contributed by atoms with E-state index in [4.69, 9.17) is 4.74 Å². The first-order chi connectivity index (χ1) is 13.7. The average molecular weight is 402 g/mol. The van der Waals surface area contributed by atoms with E-state index >= 15 is 0 Å². The van der Waals surface area contributed by atoms with Gasteiger partial charge in [-0.2, -0.15) is 0 Å². The van der Waals surface area contributed by atoms with Crippen LogP contribution < -0.4 is 10.1 Å². The number of carbonyl (C=O) groups is 3. The Labute approximate surface area is 172 Å². The Kier molecular flexibility index (Phi) is 6.15. The van der Waals surface area contributed by atoms with E-state index in [9.17, 15) is 14.4 Å². The first-order valence-corrected chi connectivity index (χ1v) is 10.3. The standard InChI is InChI=1S/C22H31N3O4/c1-15-11-16(2)13-18(12-15)29-10-9-24(4)19(26)14-25-20(27)22(23-21(25)28)8-6-5-7-17(22)3/h11-13,17H,5-10,14H2,1-4H3,(H,23,28). The number of rotatable bonds is 6. The number of urea groups is 1. The van der Waals surface area contributed by atoms with E-state index in [-0.39, 0.29) is 24.3 Å². The van der Waals surface area contributed by atoms with Crippen LogP contribution in [-0.2, 0) is 9.59 Å². The van der Waals surface area contributed by atoms with Crippen LogP contribution in [0.1, 0.15) is 43.7 Å². The number of benzene rings is 1. The summed E-state index contributed by atoms with van der Waals surface area (Å²) < 4.78 is 5.75. The lowest BCUT2D eigenvalue weighted by Gasteiger charge is -2.36. The zero-order valence-electron chi connectivity index (χ0n) is 17.8. The number of carbonyl (C=O) groups excluding carboxylic acids is 3. The van der Waals surface area contributed by atoms with Gasteiger partial charge in [-0.05, 0) is 55.9 Å². The number of likely N-dealkylation sites (N-methyl/N-ethyl adjacent to an activating group) is 1. The van der Waals surface area contributed by atoms with Gasteiger partial charge in [0.25, 0.3) is 5.91 Å². The molecule has 1 saturated carbocycles. The van der Waals surface area contributed by atoms with Gasteiger partial charge in [0.05, 0.1) is 6.54 Å². The van der Waals surface area contributed by atoms with Gasteiger partial charge < -0.3 is 15.0 Å². The smallest absolute Gasteiger partial charge is 0.325 e. The molecular weight excluding hydrogens is 370 g/mol. The Hall–Kier alpha value is -2.57. The molecule has 4 amide bonds. The van der Waals surface area contributed by atoms with Crippen LogP contribution in [0.25, 0.3) is 0 Å². The number of nitrogens with zero attached hydrogens (tertiary/aromatic N) is 2. The molecule has 1 saturated heterocycles. The molecule has 158 valence electrons. The number of imide groups is 1. The second-order valence-electron chi connectivity index (χ2n) is 8.43. The van der Waals surface area contributed by atoms with E-state index in [0.29, 0.717) is 19.6 Å². The predicted molar refractivity (Wildman–Crippen MR) is 110 cm³/mol. The lowest BCUT2D eigenvalue weighted by Crippen LogP contribution is -2.54. The summed E-state index contributed by atoms with van der Waals surface area (Å²) in [6.07, 6.45) is 3.52. The average Bonchev–Trinajstić information content (AvgIpc) is 2.88. The molecule has 1 aromatic carbocycles.